The smallest absolute Gasteiger partial charge is 0.119 e. The Morgan fingerprint density at radius 2 is 2.25 bits per heavy atom. The fourth-order valence-corrected chi connectivity index (χ4v) is 5.72. The van der Waals surface area contributed by atoms with Gasteiger partial charge in [0.1, 0.15) is 5.75 Å². The van der Waals surface area contributed by atoms with Crippen LogP contribution in [0.1, 0.15) is 43.2 Å². The van der Waals surface area contributed by atoms with Crippen LogP contribution in [0, 0.1) is 17.8 Å². The van der Waals surface area contributed by atoms with Crippen LogP contribution >= 0.6 is 0 Å². The molecule has 2 heteroatoms. The predicted octanol–water partition coefficient (Wildman–Crippen LogP) is 3.90. The molecule has 4 atom stereocenters. The summed E-state index contributed by atoms with van der Waals surface area (Å²) >= 11 is 0. The van der Waals surface area contributed by atoms with Gasteiger partial charge in [0.05, 0.1) is 15.0 Å². The summed E-state index contributed by atoms with van der Waals surface area (Å²) < 4.78 is 5.49. The minimum absolute atomic E-state index is 0.426. The van der Waals surface area contributed by atoms with Gasteiger partial charge in [-0.05, 0) is 72.1 Å². The van der Waals surface area contributed by atoms with E-state index in [-0.39, 0.29) is 0 Å². The second kappa shape index (κ2) is 4.54. The van der Waals surface area contributed by atoms with Gasteiger partial charge in [-0.25, -0.2) is 0 Å². The van der Waals surface area contributed by atoms with Crippen LogP contribution in [0.3, 0.4) is 0 Å². The van der Waals surface area contributed by atoms with E-state index >= 15 is 0 Å². The van der Waals surface area contributed by atoms with Crippen molar-refractivity contribution >= 4 is 7.85 Å². The number of hydrogen-bond donors (Lipinski definition) is 0. The minimum atomic E-state index is 0.426. The molecule has 1 nitrogen and oxygen atoms in total. The first-order valence-electron chi connectivity index (χ1n) is 8.16. The summed E-state index contributed by atoms with van der Waals surface area (Å²) in [7, 11) is 7.94. The van der Waals surface area contributed by atoms with Crippen molar-refractivity contribution in [2.24, 2.45) is 17.8 Å². The van der Waals surface area contributed by atoms with Gasteiger partial charge in [-0.3, -0.25) is 0 Å². The first kappa shape index (κ1) is 12.8. The fourth-order valence-electron chi connectivity index (χ4n) is 5.72. The molecule has 1 spiro atoms. The van der Waals surface area contributed by atoms with Gasteiger partial charge in [0.15, 0.2) is 0 Å². The van der Waals surface area contributed by atoms with Gasteiger partial charge in [0.25, 0.3) is 0 Å². The van der Waals surface area contributed by atoms with Crippen LogP contribution in [-0.4, -0.2) is 15.0 Å². The summed E-state index contributed by atoms with van der Waals surface area (Å²) in [6, 6.07) is 6.78. The van der Waals surface area contributed by atoms with Gasteiger partial charge in [0, 0.05) is 0 Å². The van der Waals surface area contributed by atoms with E-state index in [1.807, 2.05) is 0 Å². The fraction of sp³-hybridized carbons (Fsp3) is 0.667. The molecule has 1 aromatic rings. The van der Waals surface area contributed by atoms with Crippen molar-refractivity contribution in [2.75, 3.05) is 7.11 Å². The minimum Gasteiger partial charge on any atom is -0.497 e. The van der Waals surface area contributed by atoms with Crippen LogP contribution < -0.4 is 4.74 Å². The molecule has 2 saturated carbocycles. The SMILES string of the molecule is [B]C[C@H]1C2Cc3ccc(OC)cc3[C@@]3(CCCC[C@H]13)C2. The molecule has 2 bridgehead atoms. The number of rotatable bonds is 2. The first-order valence-corrected chi connectivity index (χ1v) is 8.16. The molecule has 1 aromatic carbocycles. The summed E-state index contributed by atoms with van der Waals surface area (Å²) in [6.07, 6.45) is 9.02. The lowest BCUT2D eigenvalue weighted by molar-refractivity contribution is 0.190. The Morgan fingerprint density at radius 1 is 1.35 bits per heavy atom. The van der Waals surface area contributed by atoms with E-state index in [4.69, 9.17) is 12.6 Å². The van der Waals surface area contributed by atoms with Gasteiger partial charge in [-0.15, -0.1) is 0 Å². The number of methoxy groups -OCH3 is 1. The quantitative estimate of drug-likeness (QED) is 0.737. The van der Waals surface area contributed by atoms with E-state index in [1.54, 1.807) is 18.2 Å². The van der Waals surface area contributed by atoms with E-state index in [9.17, 15) is 0 Å². The Kier molecular flexibility index (Phi) is 2.91. The average molecular weight is 266 g/mol. The Balaban J connectivity index is 1.86. The van der Waals surface area contributed by atoms with Crippen molar-refractivity contribution < 1.29 is 4.74 Å². The molecule has 0 aliphatic heterocycles. The Bertz CT molecular complexity index is 526. The molecule has 0 heterocycles. The van der Waals surface area contributed by atoms with E-state index < -0.39 is 0 Å². The van der Waals surface area contributed by atoms with Crippen LogP contribution in [0.5, 0.6) is 5.75 Å². The Morgan fingerprint density at radius 3 is 3.05 bits per heavy atom. The van der Waals surface area contributed by atoms with E-state index in [2.05, 4.69) is 18.2 Å². The van der Waals surface area contributed by atoms with Crippen molar-refractivity contribution in [3.8, 4) is 5.75 Å². The van der Waals surface area contributed by atoms with Gasteiger partial charge in [0.2, 0.25) is 0 Å². The molecule has 3 aliphatic rings. The van der Waals surface area contributed by atoms with Gasteiger partial charge in [-0.1, -0.05) is 25.2 Å². The summed E-state index contributed by atoms with van der Waals surface area (Å²) in [4.78, 5) is 0. The average Bonchev–Trinajstić information content (AvgIpc) is 2.76. The lowest BCUT2D eigenvalue weighted by Crippen LogP contribution is -2.37. The highest BCUT2D eigenvalue weighted by Gasteiger charge is 2.56. The Labute approximate surface area is 123 Å². The molecule has 3 aliphatic carbocycles. The highest BCUT2D eigenvalue weighted by atomic mass is 16.5. The van der Waals surface area contributed by atoms with Gasteiger partial charge < -0.3 is 4.74 Å². The number of benzene rings is 1. The molecule has 2 fully saturated rings. The number of ether oxygens (including phenoxy) is 1. The third kappa shape index (κ3) is 1.57. The largest absolute Gasteiger partial charge is 0.497 e. The third-order valence-electron chi connectivity index (χ3n) is 6.45. The highest BCUT2D eigenvalue weighted by Crippen LogP contribution is 2.63. The first-order chi connectivity index (χ1) is 9.78. The molecule has 20 heavy (non-hydrogen) atoms. The maximum absolute atomic E-state index is 6.16. The van der Waals surface area contributed by atoms with Crippen molar-refractivity contribution in [3.05, 3.63) is 29.3 Å². The van der Waals surface area contributed by atoms with Crippen LogP contribution in [0.15, 0.2) is 18.2 Å². The zero-order valence-electron chi connectivity index (χ0n) is 12.4. The van der Waals surface area contributed by atoms with Crippen molar-refractivity contribution in [3.63, 3.8) is 0 Å². The second-order valence-corrected chi connectivity index (χ2v) is 7.10. The summed E-state index contributed by atoms with van der Waals surface area (Å²) in [6.45, 7) is 0. The molecular formula is C18H23BO. The van der Waals surface area contributed by atoms with E-state index in [0.29, 0.717) is 5.41 Å². The van der Waals surface area contributed by atoms with Crippen molar-refractivity contribution in [2.45, 2.75) is 50.3 Å². The van der Waals surface area contributed by atoms with E-state index in [1.165, 1.54) is 38.5 Å². The van der Waals surface area contributed by atoms with E-state index in [0.717, 1.165) is 29.8 Å². The maximum Gasteiger partial charge on any atom is 0.119 e. The van der Waals surface area contributed by atoms with Crippen LogP contribution in [-0.2, 0) is 11.8 Å². The molecule has 0 saturated heterocycles. The lowest BCUT2D eigenvalue weighted by atomic mass is 9.60. The molecule has 1 unspecified atom stereocenters. The molecular weight excluding hydrogens is 243 g/mol. The molecule has 104 valence electrons. The molecule has 0 aromatic heterocycles. The molecule has 0 N–H and O–H groups in total. The topological polar surface area (TPSA) is 9.23 Å². The van der Waals surface area contributed by atoms with Crippen LogP contribution in [0.4, 0.5) is 0 Å². The number of fused-ring (bicyclic) bond motifs is 2. The van der Waals surface area contributed by atoms with Gasteiger partial charge >= 0.3 is 0 Å². The molecule has 0 amide bonds. The summed E-state index contributed by atoms with van der Waals surface area (Å²) in [5.74, 6) is 3.41. The van der Waals surface area contributed by atoms with Crippen molar-refractivity contribution in [1.82, 2.24) is 0 Å². The molecule has 4 rings (SSSR count). The maximum atomic E-state index is 6.16. The normalized spacial score (nSPS) is 38.1. The Hall–Kier alpha value is -0.915. The zero-order valence-corrected chi connectivity index (χ0v) is 12.4. The van der Waals surface area contributed by atoms with Crippen LogP contribution in [0.2, 0.25) is 6.32 Å². The lowest BCUT2D eigenvalue weighted by Gasteiger charge is -2.43. The number of hydrogen-bond acceptors (Lipinski definition) is 1. The monoisotopic (exact) mass is 266 g/mol. The zero-order chi connectivity index (χ0) is 13.7. The standard InChI is InChI=1S/C18H23BO/c1-20-14-6-5-12-8-13-10-18(17(12)9-14)7-3-2-4-16(18)15(13)11-19/h5-6,9,13,15-16H,2-4,7-8,10-11H2,1H3/t13?,15-,16+,18-/m0/s1. The van der Waals surface area contributed by atoms with Crippen molar-refractivity contribution in [1.29, 1.82) is 0 Å². The molecule has 2 radical (unpaired) electrons. The third-order valence-corrected chi connectivity index (χ3v) is 6.45. The second-order valence-electron chi connectivity index (χ2n) is 7.10. The predicted molar refractivity (Wildman–Crippen MR) is 82.5 cm³/mol. The highest BCUT2D eigenvalue weighted by molar-refractivity contribution is 6.08. The van der Waals surface area contributed by atoms with Gasteiger partial charge in [-0.2, -0.15) is 0 Å². The van der Waals surface area contributed by atoms with Crippen LogP contribution in [0.25, 0.3) is 0 Å². The summed E-state index contributed by atoms with van der Waals surface area (Å²) in [5, 5.41) is 0. The summed E-state index contributed by atoms with van der Waals surface area (Å²) in [5.41, 5.74) is 3.60.